The van der Waals surface area contributed by atoms with Gasteiger partial charge in [-0.25, -0.2) is 15.0 Å². The smallest absolute Gasteiger partial charge is 0.256 e. The van der Waals surface area contributed by atoms with Crippen LogP contribution in [0.2, 0.25) is 0 Å². The summed E-state index contributed by atoms with van der Waals surface area (Å²) in [4.78, 5) is 40.8. The highest BCUT2D eigenvalue weighted by atomic mass is 16.2. The van der Waals surface area contributed by atoms with Crippen molar-refractivity contribution >= 4 is 29.0 Å². The summed E-state index contributed by atoms with van der Waals surface area (Å²) in [6, 6.07) is 11.5. The summed E-state index contributed by atoms with van der Waals surface area (Å²) in [5.74, 6) is 1.95. The molecule has 2 amide bonds. The fraction of sp³-hybridized carbons (Fsp3) is 0.321. The molecule has 37 heavy (non-hydrogen) atoms. The number of aromatic nitrogens is 4. The first kappa shape index (κ1) is 23.1. The SMILES string of the molecule is CCc1ccnc(NC(=O)c2ccc(-c3nc([C@@H]4CC[C@H]5CCC(=O)N5C4)n4ccnc(N)c34)cc2)c1. The van der Waals surface area contributed by atoms with Crippen LogP contribution in [-0.2, 0) is 11.2 Å². The molecule has 2 aliphatic heterocycles. The maximum absolute atomic E-state index is 12.8. The maximum atomic E-state index is 12.8. The van der Waals surface area contributed by atoms with Gasteiger partial charge in [0.2, 0.25) is 5.91 Å². The minimum absolute atomic E-state index is 0.123. The van der Waals surface area contributed by atoms with Crippen LogP contribution < -0.4 is 11.1 Å². The number of imidazole rings is 1. The Hall–Kier alpha value is -4.27. The number of hydrogen-bond donors (Lipinski definition) is 2. The van der Waals surface area contributed by atoms with Gasteiger partial charge in [0.1, 0.15) is 28.7 Å². The zero-order chi connectivity index (χ0) is 25.5. The van der Waals surface area contributed by atoms with Crippen molar-refractivity contribution in [2.45, 2.75) is 51.0 Å². The minimum Gasteiger partial charge on any atom is -0.382 e. The predicted molar refractivity (Wildman–Crippen MR) is 141 cm³/mol. The summed E-state index contributed by atoms with van der Waals surface area (Å²) < 4.78 is 2.01. The Labute approximate surface area is 214 Å². The van der Waals surface area contributed by atoms with E-state index in [0.717, 1.165) is 53.8 Å². The molecule has 0 bridgehead atoms. The molecule has 3 N–H and O–H groups in total. The summed E-state index contributed by atoms with van der Waals surface area (Å²) in [6.45, 7) is 2.74. The molecular formula is C28H29N7O2. The first-order valence-corrected chi connectivity index (χ1v) is 12.8. The van der Waals surface area contributed by atoms with Gasteiger partial charge in [0.05, 0.1) is 0 Å². The molecular weight excluding hydrogens is 466 g/mol. The number of anilines is 2. The highest BCUT2D eigenvalue weighted by Gasteiger charge is 2.38. The van der Waals surface area contributed by atoms with Gasteiger partial charge in [-0.1, -0.05) is 19.1 Å². The molecule has 3 aromatic heterocycles. The number of piperidine rings is 1. The summed E-state index contributed by atoms with van der Waals surface area (Å²) in [5, 5.41) is 2.87. The van der Waals surface area contributed by atoms with Crippen molar-refractivity contribution in [3.63, 3.8) is 0 Å². The number of carbonyl (C=O) groups is 2. The van der Waals surface area contributed by atoms with Crippen molar-refractivity contribution in [3.8, 4) is 11.3 Å². The van der Waals surface area contributed by atoms with E-state index in [1.165, 1.54) is 0 Å². The number of amides is 2. The average molecular weight is 496 g/mol. The molecule has 2 aliphatic rings. The van der Waals surface area contributed by atoms with Gasteiger partial charge in [0, 0.05) is 54.6 Å². The van der Waals surface area contributed by atoms with E-state index in [2.05, 4.69) is 22.2 Å². The van der Waals surface area contributed by atoms with Crippen molar-refractivity contribution in [2.75, 3.05) is 17.6 Å². The normalized spacial score (nSPS) is 19.3. The van der Waals surface area contributed by atoms with E-state index in [0.29, 0.717) is 36.2 Å². The Kier molecular flexibility index (Phi) is 5.82. The van der Waals surface area contributed by atoms with E-state index in [-0.39, 0.29) is 17.7 Å². The van der Waals surface area contributed by atoms with Gasteiger partial charge in [0.15, 0.2) is 0 Å². The molecule has 9 nitrogen and oxygen atoms in total. The number of nitrogen functional groups attached to an aromatic ring is 1. The van der Waals surface area contributed by atoms with Crippen LogP contribution in [0.3, 0.4) is 0 Å². The fourth-order valence-corrected chi connectivity index (χ4v) is 5.58. The van der Waals surface area contributed by atoms with E-state index in [1.807, 2.05) is 39.8 Å². The lowest BCUT2D eigenvalue weighted by molar-refractivity contribution is -0.130. The molecule has 2 saturated heterocycles. The second-order valence-electron chi connectivity index (χ2n) is 9.80. The first-order chi connectivity index (χ1) is 18.0. The van der Waals surface area contributed by atoms with Crippen molar-refractivity contribution in [1.82, 2.24) is 24.3 Å². The van der Waals surface area contributed by atoms with Gasteiger partial charge in [-0.05, 0) is 55.5 Å². The standard InChI is InChI=1S/C28H29N7O2/c1-2-17-11-12-30-22(15-17)32-28(37)19-5-3-18(4-6-19)24-25-26(29)31-13-14-34(25)27(33-24)20-7-8-21-9-10-23(36)35(21)16-20/h3-6,11-15,20-21H,2,7-10,16H2,1H3,(H2,29,31)(H,30,32,37)/t20-,21+/m1/s1. The van der Waals surface area contributed by atoms with E-state index in [4.69, 9.17) is 10.7 Å². The lowest BCUT2D eigenvalue weighted by atomic mass is 9.92. The Morgan fingerprint density at radius 1 is 1.11 bits per heavy atom. The van der Waals surface area contributed by atoms with E-state index in [1.54, 1.807) is 24.5 Å². The molecule has 188 valence electrons. The molecule has 2 atom stereocenters. The van der Waals surface area contributed by atoms with Crippen LogP contribution in [-0.4, -0.2) is 48.7 Å². The molecule has 9 heteroatoms. The van der Waals surface area contributed by atoms with Gasteiger partial charge < -0.3 is 16.0 Å². The fourth-order valence-electron chi connectivity index (χ4n) is 5.58. The molecule has 0 aliphatic carbocycles. The zero-order valence-corrected chi connectivity index (χ0v) is 20.7. The topological polar surface area (TPSA) is 119 Å². The second-order valence-corrected chi connectivity index (χ2v) is 9.80. The number of benzene rings is 1. The molecule has 0 unspecified atom stereocenters. The summed E-state index contributed by atoms with van der Waals surface area (Å²) in [6.07, 6.45) is 9.69. The lowest BCUT2D eigenvalue weighted by Gasteiger charge is -2.34. The highest BCUT2D eigenvalue weighted by molar-refractivity contribution is 6.04. The molecule has 0 saturated carbocycles. The number of aryl methyl sites for hydroxylation is 1. The van der Waals surface area contributed by atoms with Crippen LogP contribution in [0.1, 0.15) is 60.3 Å². The first-order valence-electron chi connectivity index (χ1n) is 12.8. The lowest BCUT2D eigenvalue weighted by Crippen LogP contribution is -2.41. The number of nitrogens with two attached hydrogens (primary N) is 1. The van der Waals surface area contributed by atoms with Crippen LogP contribution >= 0.6 is 0 Å². The van der Waals surface area contributed by atoms with Crippen molar-refractivity contribution in [3.05, 3.63) is 71.9 Å². The number of nitrogens with zero attached hydrogens (tertiary/aromatic N) is 5. The number of hydrogen-bond acceptors (Lipinski definition) is 6. The molecule has 6 rings (SSSR count). The van der Waals surface area contributed by atoms with E-state index >= 15 is 0 Å². The van der Waals surface area contributed by atoms with Gasteiger partial charge in [-0.2, -0.15) is 0 Å². The predicted octanol–water partition coefficient (Wildman–Crippen LogP) is 4.06. The summed E-state index contributed by atoms with van der Waals surface area (Å²) in [7, 11) is 0. The van der Waals surface area contributed by atoms with Gasteiger partial charge in [0.25, 0.3) is 5.91 Å². The average Bonchev–Trinajstić information content (AvgIpc) is 3.50. The monoisotopic (exact) mass is 495 g/mol. The maximum Gasteiger partial charge on any atom is 0.256 e. The third-order valence-electron chi connectivity index (χ3n) is 7.59. The molecule has 2 fully saturated rings. The number of pyridine rings is 1. The molecule has 5 heterocycles. The van der Waals surface area contributed by atoms with Crippen LogP contribution in [0, 0.1) is 0 Å². The van der Waals surface area contributed by atoms with E-state index in [9.17, 15) is 9.59 Å². The Bertz CT molecular complexity index is 1490. The molecule has 4 aromatic rings. The number of carbonyl (C=O) groups excluding carboxylic acids is 2. The summed E-state index contributed by atoms with van der Waals surface area (Å²) in [5.41, 5.74) is 10.3. The number of fused-ring (bicyclic) bond motifs is 2. The highest BCUT2D eigenvalue weighted by Crippen LogP contribution is 2.38. The van der Waals surface area contributed by atoms with Crippen molar-refractivity contribution in [1.29, 1.82) is 0 Å². The van der Waals surface area contributed by atoms with Gasteiger partial charge >= 0.3 is 0 Å². The number of nitrogens with one attached hydrogen (secondary N) is 1. The Balaban J connectivity index is 1.30. The minimum atomic E-state index is -0.226. The van der Waals surface area contributed by atoms with Crippen LogP contribution in [0.15, 0.2) is 55.0 Å². The molecule has 0 spiro atoms. The zero-order valence-electron chi connectivity index (χ0n) is 20.7. The van der Waals surface area contributed by atoms with Crippen LogP contribution in [0.25, 0.3) is 16.8 Å². The van der Waals surface area contributed by atoms with E-state index < -0.39 is 0 Å². The van der Waals surface area contributed by atoms with Crippen molar-refractivity contribution in [2.24, 2.45) is 0 Å². The summed E-state index contributed by atoms with van der Waals surface area (Å²) >= 11 is 0. The molecule has 1 aromatic carbocycles. The van der Waals surface area contributed by atoms with Gasteiger partial charge in [-0.15, -0.1) is 0 Å². The second kappa shape index (κ2) is 9.31. The van der Waals surface area contributed by atoms with Crippen LogP contribution in [0.5, 0.6) is 0 Å². The Morgan fingerprint density at radius 2 is 1.95 bits per heavy atom. The van der Waals surface area contributed by atoms with Gasteiger partial charge in [-0.3, -0.25) is 14.0 Å². The third-order valence-corrected chi connectivity index (χ3v) is 7.59. The Morgan fingerprint density at radius 3 is 2.76 bits per heavy atom. The van der Waals surface area contributed by atoms with Crippen molar-refractivity contribution < 1.29 is 9.59 Å². The quantitative estimate of drug-likeness (QED) is 0.431. The number of rotatable bonds is 5. The molecule has 0 radical (unpaired) electrons. The van der Waals surface area contributed by atoms with Crippen LogP contribution in [0.4, 0.5) is 11.6 Å². The third kappa shape index (κ3) is 4.20. The largest absolute Gasteiger partial charge is 0.382 e.